The Hall–Kier alpha value is -2.77. The molecule has 2 unspecified atom stereocenters. The summed E-state index contributed by atoms with van der Waals surface area (Å²) in [6.07, 6.45) is -3.52. The van der Waals surface area contributed by atoms with Crippen molar-refractivity contribution in [1.82, 2.24) is 5.32 Å². The van der Waals surface area contributed by atoms with Crippen LogP contribution in [0.2, 0.25) is 0 Å². The Morgan fingerprint density at radius 3 is 2.46 bits per heavy atom. The average Bonchev–Trinajstić information content (AvgIpc) is 2.58. The van der Waals surface area contributed by atoms with Gasteiger partial charge < -0.3 is 30.5 Å². The molecule has 0 radical (unpaired) electrons. The van der Waals surface area contributed by atoms with E-state index in [1.807, 2.05) is 18.2 Å². The summed E-state index contributed by atoms with van der Waals surface area (Å²) in [5.41, 5.74) is 0.863. The number of rotatable bonds is 6. The first-order chi connectivity index (χ1) is 11.5. The molecule has 0 saturated carbocycles. The lowest BCUT2D eigenvalue weighted by Gasteiger charge is -2.19. The Balaban J connectivity index is 1.81. The molecule has 128 valence electrons. The van der Waals surface area contributed by atoms with E-state index >= 15 is 0 Å². The number of ether oxygens (including phenoxy) is 1. The molecule has 0 fully saturated rings. The number of hydrogen-bond acceptors (Lipinski definition) is 6. The summed E-state index contributed by atoms with van der Waals surface area (Å²) in [5, 5.41) is 41.1. The second-order valence-corrected chi connectivity index (χ2v) is 5.20. The van der Waals surface area contributed by atoms with Crippen molar-refractivity contribution in [2.24, 2.45) is 0 Å². The first-order valence-electron chi connectivity index (χ1n) is 7.30. The van der Waals surface area contributed by atoms with Crippen molar-refractivity contribution in [3.63, 3.8) is 0 Å². The van der Waals surface area contributed by atoms with Gasteiger partial charge in [0.15, 0.2) is 0 Å². The lowest BCUT2D eigenvalue weighted by atomic mass is 10.0. The van der Waals surface area contributed by atoms with Crippen LogP contribution in [-0.4, -0.2) is 39.2 Å². The van der Waals surface area contributed by atoms with E-state index in [4.69, 9.17) is 4.74 Å². The lowest BCUT2D eigenvalue weighted by Crippen LogP contribution is -2.35. The second kappa shape index (κ2) is 8.19. The summed E-state index contributed by atoms with van der Waals surface area (Å²) < 4.78 is 4.98. The number of carbonyl (C=O) groups is 1. The molecule has 2 atom stereocenters. The summed E-state index contributed by atoms with van der Waals surface area (Å²) in [6.45, 7) is -0.181. The van der Waals surface area contributed by atoms with Gasteiger partial charge >= 0.3 is 6.09 Å². The third-order valence-electron chi connectivity index (χ3n) is 3.37. The van der Waals surface area contributed by atoms with Gasteiger partial charge in [0.1, 0.15) is 30.3 Å². The van der Waals surface area contributed by atoms with Crippen molar-refractivity contribution in [2.75, 3.05) is 6.54 Å². The van der Waals surface area contributed by atoms with Gasteiger partial charge in [0.05, 0.1) is 0 Å². The maximum atomic E-state index is 11.6. The van der Waals surface area contributed by atoms with E-state index in [2.05, 4.69) is 5.32 Å². The molecule has 0 aliphatic rings. The number of aromatic hydroxyl groups is 2. The van der Waals surface area contributed by atoms with Crippen molar-refractivity contribution in [3.8, 4) is 11.5 Å². The summed E-state index contributed by atoms with van der Waals surface area (Å²) in [7, 11) is 0. The minimum Gasteiger partial charge on any atom is -0.508 e. The zero-order valence-corrected chi connectivity index (χ0v) is 12.8. The standard InChI is InChI=1S/C17H19NO6/c19-12-6-7-13(14(20)8-12)16(22)15(21)9-18-17(23)24-10-11-4-2-1-3-5-11/h1-8,15-16,19-22H,9-10H2,(H,18,23). The topological polar surface area (TPSA) is 119 Å². The number of aliphatic hydroxyl groups is 2. The zero-order valence-electron chi connectivity index (χ0n) is 12.8. The van der Waals surface area contributed by atoms with E-state index in [0.29, 0.717) is 0 Å². The van der Waals surface area contributed by atoms with Crippen LogP contribution in [0, 0.1) is 0 Å². The molecule has 0 spiro atoms. The Labute approximate surface area is 138 Å². The summed E-state index contributed by atoms with van der Waals surface area (Å²) >= 11 is 0. The highest BCUT2D eigenvalue weighted by Gasteiger charge is 2.22. The largest absolute Gasteiger partial charge is 0.508 e. The molecule has 0 aliphatic carbocycles. The molecule has 7 heteroatoms. The predicted octanol–water partition coefficient (Wildman–Crippen LogP) is 1.42. The number of phenolic OH excluding ortho intramolecular Hbond substituents is 2. The van der Waals surface area contributed by atoms with Gasteiger partial charge in [0, 0.05) is 18.2 Å². The molecule has 0 aliphatic heterocycles. The fourth-order valence-electron chi connectivity index (χ4n) is 2.06. The van der Waals surface area contributed by atoms with E-state index in [-0.39, 0.29) is 30.2 Å². The van der Waals surface area contributed by atoms with Gasteiger partial charge in [0.25, 0.3) is 0 Å². The Morgan fingerprint density at radius 2 is 1.79 bits per heavy atom. The number of phenols is 2. The highest BCUT2D eigenvalue weighted by molar-refractivity contribution is 5.67. The van der Waals surface area contributed by atoms with Gasteiger partial charge in [-0.3, -0.25) is 0 Å². The zero-order chi connectivity index (χ0) is 17.5. The van der Waals surface area contributed by atoms with E-state index in [1.54, 1.807) is 12.1 Å². The highest BCUT2D eigenvalue weighted by Crippen LogP contribution is 2.29. The van der Waals surface area contributed by atoms with Crippen LogP contribution in [0.1, 0.15) is 17.2 Å². The van der Waals surface area contributed by atoms with Gasteiger partial charge in [-0.15, -0.1) is 0 Å². The molecule has 0 aromatic heterocycles. The molecule has 2 aromatic carbocycles. The van der Waals surface area contributed by atoms with Crippen LogP contribution in [0.3, 0.4) is 0 Å². The molecule has 5 N–H and O–H groups in total. The van der Waals surface area contributed by atoms with E-state index in [1.165, 1.54) is 12.1 Å². The molecule has 7 nitrogen and oxygen atoms in total. The highest BCUT2D eigenvalue weighted by atomic mass is 16.5. The maximum absolute atomic E-state index is 11.6. The van der Waals surface area contributed by atoms with Gasteiger partial charge in [-0.1, -0.05) is 30.3 Å². The van der Waals surface area contributed by atoms with Gasteiger partial charge in [-0.2, -0.15) is 0 Å². The Kier molecular flexibility index (Phi) is 6.00. The number of amides is 1. The lowest BCUT2D eigenvalue weighted by molar-refractivity contribution is 0.0171. The smallest absolute Gasteiger partial charge is 0.407 e. The first kappa shape index (κ1) is 17.6. The van der Waals surface area contributed by atoms with Crippen molar-refractivity contribution in [2.45, 2.75) is 18.8 Å². The van der Waals surface area contributed by atoms with Crippen molar-refractivity contribution in [1.29, 1.82) is 0 Å². The predicted molar refractivity (Wildman–Crippen MR) is 85.4 cm³/mol. The SMILES string of the molecule is O=C(NCC(O)C(O)c1ccc(O)cc1O)OCc1ccccc1. The summed E-state index contributed by atoms with van der Waals surface area (Å²) in [5.74, 6) is -0.520. The number of nitrogens with one attached hydrogen (secondary N) is 1. The number of alkyl carbamates (subject to hydrolysis) is 1. The molecule has 0 bridgehead atoms. The minimum atomic E-state index is -1.43. The molecule has 0 heterocycles. The molecular formula is C17H19NO6. The Bertz CT molecular complexity index is 676. The van der Waals surface area contributed by atoms with E-state index in [0.717, 1.165) is 11.6 Å². The average molecular weight is 333 g/mol. The van der Waals surface area contributed by atoms with Crippen molar-refractivity contribution < 1.29 is 30.0 Å². The monoisotopic (exact) mass is 333 g/mol. The summed E-state index contributed by atoms with van der Waals surface area (Å²) in [6, 6.07) is 12.7. The number of benzene rings is 2. The second-order valence-electron chi connectivity index (χ2n) is 5.20. The van der Waals surface area contributed by atoms with Crippen LogP contribution in [-0.2, 0) is 11.3 Å². The van der Waals surface area contributed by atoms with Crippen LogP contribution in [0.5, 0.6) is 11.5 Å². The van der Waals surface area contributed by atoms with Gasteiger partial charge in [0.2, 0.25) is 0 Å². The Morgan fingerprint density at radius 1 is 1.08 bits per heavy atom. The molecule has 1 amide bonds. The van der Waals surface area contributed by atoms with E-state index in [9.17, 15) is 25.2 Å². The first-order valence-corrected chi connectivity index (χ1v) is 7.30. The molecule has 2 rings (SSSR count). The van der Waals surface area contributed by atoms with Crippen molar-refractivity contribution >= 4 is 6.09 Å². The van der Waals surface area contributed by atoms with Crippen LogP contribution in [0.15, 0.2) is 48.5 Å². The molecule has 2 aromatic rings. The van der Waals surface area contributed by atoms with Crippen molar-refractivity contribution in [3.05, 3.63) is 59.7 Å². The van der Waals surface area contributed by atoms with Crippen LogP contribution in [0.4, 0.5) is 4.79 Å². The molecule has 24 heavy (non-hydrogen) atoms. The third kappa shape index (κ3) is 4.87. The fraction of sp³-hybridized carbons (Fsp3) is 0.235. The number of aliphatic hydroxyl groups excluding tert-OH is 2. The number of carbonyl (C=O) groups excluding carboxylic acids is 1. The third-order valence-corrected chi connectivity index (χ3v) is 3.37. The fourth-order valence-corrected chi connectivity index (χ4v) is 2.06. The normalized spacial score (nSPS) is 13.1. The number of hydrogen-bond donors (Lipinski definition) is 5. The van der Waals surface area contributed by atoms with Crippen LogP contribution >= 0.6 is 0 Å². The quantitative estimate of drug-likeness (QED) is 0.545. The van der Waals surface area contributed by atoms with Gasteiger partial charge in [-0.25, -0.2) is 4.79 Å². The van der Waals surface area contributed by atoms with Gasteiger partial charge in [-0.05, 0) is 17.7 Å². The molecular weight excluding hydrogens is 314 g/mol. The van der Waals surface area contributed by atoms with Crippen LogP contribution < -0.4 is 5.32 Å². The maximum Gasteiger partial charge on any atom is 0.407 e. The van der Waals surface area contributed by atoms with Crippen LogP contribution in [0.25, 0.3) is 0 Å². The molecule has 0 saturated heterocycles. The minimum absolute atomic E-state index is 0.0414. The van der Waals surface area contributed by atoms with E-state index < -0.39 is 18.3 Å². The summed E-state index contributed by atoms with van der Waals surface area (Å²) in [4.78, 5) is 11.6.